The quantitative estimate of drug-likeness (QED) is 0.364. The second-order valence-corrected chi connectivity index (χ2v) is 10.4. The topological polar surface area (TPSA) is 63.5 Å². The van der Waals surface area contributed by atoms with Gasteiger partial charge in [0.25, 0.3) is 0 Å². The predicted molar refractivity (Wildman–Crippen MR) is 143 cm³/mol. The molecule has 1 aromatic carbocycles. The molecule has 35 heavy (non-hydrogen) atoms. The van der Waals surface area contributed by atoms with Crippen molar-refractivity contribution >= 4 is 44.1 Å². The maximum atomic E-state index is 11.8. The number of methoxy groups -OCH3 is 1. The normalized spacial score (nSPS) is 17.9. The van der Waals surface area contributed by atoms with Gasteiger partial charge in [-0.05, 0) is 62.7 Å². The summed E-state index contributed by atoms with van der Waals surface area (Å²) in [7, 11) is 3.60. The van der Waals surface area contributed by atoms with Crippen LogP contribution in [0.2, 0.25) is 0 Å². The van der Waals surface area contributed by atoms with Gasteiger partial charge in [-0.25, -0.2) is 4.98 Å². The molecule has 4 aromatic rings. The van der Waals surface area contributed by atoms with Crippen molar-refractivity contribution in [1.82, 2.24) is 19.7 Å². The number of ketones is 1. The number of thiophene rings is 1. The number of fused-ring (bicyclic) bond motifs is 2. The fourth-order valence-corrected chi connectivity index (χ4v) is 5.90. The number of aryl methyl sites for hydroxylation is 2. The minimum Gasteiger partial charge on any atom is -0.496 e. The fourth-order valence-electron chi connectivity index (χ4n) is 4.86. The van der Waals surface area contributed by atoms with E-state index in [-0.39, 0.29) is 5.78 Å². The molecule has 2 aliphatic rings. The molecular weight excluding hydrogens is 458 g/mol. The Kier molecular flexibility index (Phi) is 6.75. The van der Waals surface area contributed by atoms with Gasteiger partial charge in [-0.1, -0.05) is 6.92 Å². The molecule has 3 aromatic heterocycles. The summed E-state index contributed by atoms with van der Waals surface area (Å²) in [4.78, 5) is 23.5. The lowest BCUT2D eigenvalue weighted by Crippen LogP contribution is -2.46. The first-order valence-electron chi connectivity index (χ1n) is 12.4. The first-order chi connectivity index (χ1) is 16.9. The van der Waals surface area contributed by atoms with Crippen LogP contribution in [0, 0.1) is 6.92 Å². The van der Waals surface area contributed by atoms with Crippen LogP contribution in [0.5, 0.6) is 5.75 Å². The van der Waals surface area contributed by atoms with Gasteiger partial charge < -0.3 is 9.64 Å². The predicted octanol–water partition coefficient (Wildman–Crippen LogP) is 5.06. The zero-order valence-corrected chi connectivity index (χ0v) is 21.8. The number of hydrogen-bond acceptors (Lipinski definition) is 7. The smallest absolute Gasteiger partial charge is 0.172 e. The van der Waals surface area contributed by atoms with E-state index in [0.29, 0.717) is 12.5 Å². The van der Waals surface area contributed by atoms with Gasteiger partial charge in [0.1, 0.15) is 16.4 Å². The van der Waals surface area contributed by atoms with E-state index >= 15 is 0 Å². The Labute approximate surface area is 210 Å². The van der Waals surface area contributed by atoms with Gasteiger partial charge in [0.05, 0.1) is 17.5 Å². The third-order valence-electron chi connectivity index (χ3n) is 6.99. The van der Waals surface area contributed by atoms with E-state index in [9.17, 15) is 4.79 Å². The molecular formula is C27H33N5O2S. The summed E-state index contributed by atoms with van der Waals surface area (Å²) in [6.07, 6.45) is 5.15. The summed E-state index contributed by atoms with van der Waals surface area (Å²) in [5.74, 6) is 2.17. The van der Waals surface area contributed by atoms with Crippen molar-refractivity contribution < 1.29 is 9.53 Å². The number of likely N-dealkylation sites (tertiary alicyclic amines) is 1. The number of nitrogens with zero attached hydrogens (tertiary/aromatic N) is 5. The summed E-state index contributed by atoms with van der Waals surface area (Å²) in [6, 6.07) is 10.9. The summed E-state index contributed by atoms with van der Waals surface area (Å²) in [5, 5.41) is 6.54. The maximum absolute atomic E-state index is 11.8. The number of anilines is 1. The molecule has 2 aliphatic heterocycles. The van der Waals surface area contributed by atoms with Crippen molar-refractivity contribution in [2.24, 2.45) is 7.05 Å². The lowest BCUT2D eigenvalue weighted by atomic mass is 10.1. The maximum Gasteiger partial charge on any atom is 0.172 e. The Morgan fingerprint density at radius 2 is 2.00 bits per heavy atom. The summed E-state index contributed by atoms with van der Waals surface area (Å²) >= 11 is 1.53. The van der Waals surface area contributed by atoms with Crippen LogP contribution in [0.4, 0.5) is 5.82 Å². The van der Waals surface area contributed by atoms with Gasteiger partial charge in [0.2, 0.25) is 0 Å². The molecule has 0 amide bonds. The van der Waals surface area contributed by atoms with E-state index in [1.54, 1.807) is 7.11 Å². The van der Waals surface area contributed by atoms with E-state index < -0.39 is 0 Å². The zero-order valence-electron chi connectivity index (χ0n) is 21.0. The molecule has 5 heterocycles. The number of pyridine rings is 1. The molecule has 2 saturated heterocycles. The van der Waals surface area contributed by atoms with Crippen molar-refractivity contribution in [2.75, 3.05) is 38.2 Å². The number of rotatable bonds is 5. The van der Waals surface area contributed by atoms with Crippen molar-refractivity contribution in [1.29, 1.82) is 0 Å². The number of carbonyl (C=O) groups excluding carboxylic acids is 1. The standard InChI is InChI=1S/C17H21N3OS.C10H12N2O/c1-2-14(21)15-10-12-4-5-16(18-17(12)22-15)20-9-6-13(11-20)19-7-3-8-19;1-7-4-8-6-12(2)11-9(8)5-10(7)13-3/h4-5,10,13H,2-3,6-9,11H2,1H3;4-6H,1-3H3. The molecule has 0 aliphatic carbocycles. The number of benzene rings is 1. The lowest BCUT2D eigenvalue weighted by Gasteiger charge is -2.36. The Bertz CT molecular complexity index is 1360. The second kappa shape index (κ2) is 9.95. The van der Waals surface area contributed by atoms with Gasteiger partial charge in [-0.2, -0.15) is 5.10 Å². The Balaban J connectivity index is 0.000000166. The van der Waals surface area contributed by atoms with Crippen LogP contribution < -0.4 is 9.64 Å². The second-order valence-electron chi connectivity index (χ2n) is 9.41. The number of aromatic nitrogens is 3. The van der Waals surface area contributed by atoms with Crippen LogP contribution in [0.15, 0.2) is 36.5 Å². The molecule has 0 radical (unpaired) electrons. The summed E-state index contributed by atoms with van der Waals surface area (Å²) in [5.41, 5.74) is 2.12. The third-order valence-corrected chi connectivity index (χ3v) is 8.08. The molecule has 0 N–H and O–H groups in total. The van der Waals surface area contributed by atoms with Crippen molar-refractivity contribution in [3.05, 3.63) is 47.0 Å². The Hall–Kier alpha value is -2.97. The molecule has 0 spiro atoms. The Morgan fingerprint density at radius 3 is 2.71 bits per heavy atom. The van der Waals surface area contributed by atoms with Crippen LogP contribution in [0.25, 0.3) is 21.1 Å². The van der Waals surface area contributed by atoms with Crippen molar-refractivity contribution in [2.45, 2.75) is 39.2 Å². The highest BCUT2D eigenvalue weighted by atomic mass is 32.1. The third kappa shape index (κ3) is 4.90. The fraction of sp³-hybridized carbons (Fsp3) is 0.444. The molecule has 1 atom stereocenters. The molecule has 1 unspecified atom stereocenters. The average molecular weight is 492 g/mol. The average Bonchev–Trinajstić information content (AvgIpc) is 3.54. The number of ether oxygens (including phenoxy) is 1. The highest BCUT2D eigenvalue weighted by Crippen LogP contribution is 2.30. The summed E-state index contributed by atoms with van der Waals surface area (Å²) < 4.78 is 7.02. The molecule has 184 valence electrons. The van der Waals surface area contributed by atoms with E-state index in [0.717, 1.165) is 56.2 Å². The van der Waals surface area contributed by atoms with E-state index in [2.05, 4.69) is 33.1 Å². The van der Waals surface area contributed by atoms with Gasteiger partial charge in [-0.15, -0.1) is 11.3 Å². The van der Waals surface area contributed by atoms with Crippen LogP contribution in [0.1, 0.15) is 41.4 Å². The first kappa shape index (κ1) is 23.8. The van der Waals surface area contributed by atoms with Crippen LogP contribution in [-0.2, 0) is 7.05 Å². The molecule has 0 bridgehead atoms. The van der Waals surface area contributed by atoms with Gasteiger partial charge >= 0.3 is 0 Å². The van der Waals surface area contributed by atoms with Gasteiger partial charge in [0, 0.05) is 55.6 Å². The number of carbonyl (C=O) groups is 1. The van der Waals surface area contributed by atoms with Crippen molar-refractivity contribution in [3.63, 3.8) is 0 Å². The first-order valence-corrected chi connectivity index (χ1v) is 13.2. The largest absolute Gasteiger partial charge is 0.496 e. The van der Waals surface area contributed by atoms with E-state index in [1.165, 1.54) is 37.3 Å². The molecule has 0 saturated carbocycles. The van der Waals surface area contributed by atoms with Gasteiger partial charge in [-0.3, -0.25) is 14.4 Å². The zero-order chi connectivity index (χ0) is 24.5. The molecule has 7 nitrogen and oxygen atoms in total. The number of Topliss-reactive ketones (excluding diaryl/α,β-unsaturated/α-hetero) is 1. The molecule has 2 fully saturated rings. The molecule has 8 heteroatoms. The Morgan fingerprint density at radius 1 is 1.17 bits per heavy atom. The number of hydrogen-bond donors (Lipinski definition) is 0. The highest BCUT2D eigenvalue weighted by Gasteiger charge is 2.31. The summed E-state index contributed by atoms with van der Waals surface area (Å²) in [6.45, 7) is 8.64. The van der Waals surface area contributed by atoms with E-state index in [4.69, 9.17) is 9.72 Å². The lowest BCUT2D eigenvalue weighted by molar-refractivity contribution is 0.0992. The highest BCUT2D eigenvalue weighted by molar-refractivity contribution is 7.20. The minimum atomic E-state index is 0.212. The van der Waals surface area contributed by atoms with Crippen LogP contribution >= 0.6 is 11.3 Å². The van der Waals surface area contributed by atoms with Crippen LogP contribution in [0.3, 0.4) is 0 Å². The monoisotopic (exact) mass is 491 g/mol. The van der Waals surface area contributed by atoms with Crippen LogP contribution in [-0.4, -0.2) is 64.8 Å². The minimum absolute atomic E-state index is 0.212. The molecule has 6 rings (SSSR count). The van der Waals surface area contributed by atoms with Gasteiger partial charge in [0.15, 0.2) is 5.78 Å². The van der Waals surface area contributed by atoms with Crippen molar-refractivity contribution in [3.8, 4) is 5.75 Å². The van der Waals surface area contributed by atoms with E-state index in [1.807, 2.05) is 43.9 Å². The SMILES string of the molecule is CCC(=O)c1cc2ccc(N3CCC(N4CCC4)C3)nc2s1.COc1cc2nn(C)cc2cc1C.